The first-order valence-corrected chi connectivity index (χ1v) is 8.84. The van der Waals surface area contributed by atoms with Crippen LogP contribution in [0, 0.1) is 11.8 Å². The maximum absolute atomic E-state index is 12.5. The van der Waals surface area contributed by atoms with Gasteiger partial charge >= 0.3 is 0 Å². The van der Waals surface area contributed by atoms with E-state index in [9.17, 15) is 8.42 Å². The Balaban J connectivity index is 1.89. The smallest absolute Gasteiger partial charge is 0.281 e. The minimum absolute atomic E-state index is 0.165. The second-order valence-electron chi connectivity index (χ2n) is 6.23. The molecule has 2 rings (SSSR count). The van der Waals surface area contributed by atoms with Crippen molar-refractivity contribution >= 4 is 10.2 Å². The SMILES string of the molecule is CN1CCC(CN(C)S(=O)(=O)N2CCC(CO)CC2)C1. The normalized spacial score (nSPS) is 27.5. The lowest BCUT2D eigenvalue weighted by Crippen LogP contribution is -2.47. The summed E-state index contributed by atoms with van der Waals surface area (Å²) in [7, 11) is 0.432. The molecule has 1 atom stereocenters. The van der Waals surface area contributed by atoms with Crippen molar-refractivity contribution in [3.63, 3.8) is 0 Å². The van der Waals surface area contributed by atoms with E-state index in [1.54, 1.807) is 11.4 Å². The lowest BCUT2D eigenvalue weighted by atomic mass is 10.00. The molecule has 2 heterocycles. The third kappa shape index (κ3) is 3.71. The molecule has 6 nitrogen and oxygen atoms in total. The van der Waals surface area contributed by atoms with E-state index in [2.05, 4.69) is 11.9 Å². The van der Waals surface area contributed by atoms with E-state index in [0.29, 0.717) is 25.6 Å². The summed E-state index contributed by atoms with van der Waals surface area (Å²) in [6.07, 6.45) is 2.59. The van der Waals surface area contributed by atoms with E-state index in [1.807, 2.05) is 0 Å². The average Bonchev–Trinajstić information content (AvgIpc) is 2.84. The van der Waals surface area contributed by atoms with Crippen LogP contribution in [-0.2, 0) is 10.2 Å². The van der Waals surface area contributed by atoms with Crippen molar-refractivity contribution in [1.82, 2.24) is 13.5 Å². The Hall–Kier alpha value is -0.210. The standard InChI is InChI=1S/C13H27N3O3S/c1-14-6-3-13(9-14)10-15(2)20(18,19)16-7-4-12(11-17)5-8-16/h12-13,17H,3-11H2,1-2H3. The first-order chi connectivity index (χ1) is 9.43. The maximum Gasteiger partial charge on any atom is 0.281 e. The summed E-state index contributed by atoms with van der Waals surface area (Å²) in [4.78, 5) is 2.25. The van der Waals surface area contributed by atoms with E-state index in [1.165, 1.54) is 4.31 Å². The lowest BCUT2D eigenvalue weighted by Gasteiger charge is -2.33. The first-order valence-electron chi connectivity index (χ1n) is 7.44. The van der Waals surface area contributed by atoms with Gasteiger partial charge in [-0.15, -0.1) is 0 Å². The number of aliphatic hydroxyl groups excluding tert-OH is 1. The zero-order valence-corrected chi connectivity index (χ0v) is 13.3. The van der Waals surface area contributed by atoms with Crippen molar-refractivity contribution in [2.75, 3.05) is 53.4 Å². The molecule has 20 heavy (non-hydrogen) atoms. The number of piperidine rings is 1. The molecule has 2 fully saturated rings. The molecule has 1 unspecified atom stereocenters. The first kappa shape index (κ1) is 16.2. The highest BCUT2D eigenvalue weighted by Gasteiger charge is 2.32. The highest BCUT2D eigenvalue weighted by atomic mass is 32.2. The Bertz CT molecular complexity index is 407. The van der Waals surface area contributed by atoms with Crippen LogP contribution >= 0.6 is 0 Å². The number of nitrogens with zero attached hydrogens (tertiary/aromatic N) is 3. The molecule has 0 aromatic carbocycles. The van der Waals surface area contributed by atoms with Gasteiger partial charge in [-0.25, -0.2) is 0 Å². The molecule has 0 aromatic heterocycles. The average molecular weight is 305 g/mol. The van der Waals surface area contributed by atoms with Crippen LogP contribution in [-0.4, -0.2) is 80.5 Å². The summed E-state index contributed by atoms with van der Waals surface area (Å²) in [5.74, 6) is 0.699. The molecule has 118 valence electrons. The molecule has 0 aromatic rings. The van der Waals surface area contributed by atoms with Gasteiger partial charge in [0.2, 0.25) is 0 Å². The van der Waals surface area contributed by atoms with Crippen LogP contribution in [0.4, 0.5) is 0 Å². The molecule has 0 saturated carbocycles. The quantitative estimate of drug-likeness (QED) is 0.765. The number of rotatable bonds is 5. The van der Waals surface area contributed by atoms with Crippen LogP contribution < -0.4 is 0 Å². The van der Waals surface area contributed by atoms with Crippen LogP contribution in [0.5, 0.6) is 0 Å². The van der Waals surface area contributed by atoms with E-state index >= 15 is 0 Å². The van der Waals surface area contributed by atoms with Crippen molar-refractivity contribution in [3.8, 4) is 0 Å². The molecule has 0 radical (unpaired) electrons. The largest absolute Gasteiger partial charge is 0.396 e. The second kappa shape index (κ2) is 6.70. The van der Waals surface area contributed by atoms with Crippen LogP contribution in [0.25, 0.3) is 0 Å². The van der Waals surface area contributed by atoms with Crippen LogP contribution in [0.3, 0.4) is 0 Å². The van der Waals surface area contributed by atoms with Gasteiger partial charge < -0.3 is 10.0 Å². The van der Waals surface area contributed by atoms with Crippen LogP contribution in [0.2, 0.25) is 0 Å². The summed E-state index contributed by atoms with van der Waals surface area (Å²) >= 11 is 0. The molecular weight excluding hydrogens is 278 g/mol. The fourth-order valence-corrected chi connectivity index (χ4v) is 4.62. The van der Waals surface area contributed by atoms with Crippen LogP contribution in [0.15, 0.2) is 0 Å². The van der Waals surface area contributed by atoms with Gasteiger partial charge in [0.05, 0.1) is 0 Å². The van der Waals surface area contributed by atoms with Crippen molar-refractivity contribution < 1.29 is 13.5 Å². The molecule has 2 aliphatic heterocycles. The van der Waals surface area contributed by atoms with Crippen molar-refractivity contribution in [3.05, 3.63) is 0 Å². The molecule has 7 heteroatoms. The van der Waals surface area contributed by atoms with Crippen molar-refractivity contribution in [2.45, 2.75) is 19.3 Å². The summed E-state index contributed by atoms with van der Waals surface area (Å²) < 4.78 is 28.1. The Morgan fingerprint density at radius 1 is 1.15 bits per heavy atom. The van der Waals surface area contributed by atoms with Gasteiger partial charge in [0.15, 0.2) is 0 Å². The monoisotopic (exact) mass is 305 g/mol. The fraction of sp³-hybridized carbons (Fsp3) is 1.00. The minimum Gasteiger partial charge on any atom is -0.396 e. The summed E-state index contributed by atoms with van der Waals surface area (Å²) in [6, 6.07) is 0. The Kier molecular flexibility index (Phi) is 5.42. The zero-order valence-electron chi connectivity index (χ0n) is 12.5. The molecule has 0 spiro atoms. The third-order valence-corrected chi connectivity index (χ3v) is 6.51. The second-order valence-corrected chi connectivity index (χ2v) is 8.27. The van der Waals surface area contributed by atoms with Gasteiger partial charge in [0.25, 0.3) is 10.2 Å². The van der Waals surface area contributed by atoms with Gasteiger partial charge in [-0.3, -0.25) is 0 Å². The van der Waals surface area contributed by atoms with E-state index < -0.39 is 10.2 Å². The summed E-state index contributed by atoms with van der Waals surface area (Å²) in [5.41, 5.74) is 0. The summed E-state index contributed by atoms with van der Waals surface area (Å²) in [6.45, 7) is 3.86. The molecule has 0 amide bonds. The highest BCUT2D eigenvalue weighted by molar-refractivity contribution is 7.86. The highest BCUT2D eigenvalue weighted by Crippen LogP contribution is 2.22. The topological polar surface area (TPSA) is 64.1 Å². The van der Waals surface area contributed by atoms with Crippen molar-refractivity contribution in [1.29, 1.82) is 0 Å². The predicted molar refractivity (Wildman–Crippen MR) is 78.5 cm³/mol. The summed E-state index contributed by atoms with van der Waals surface area (Å²) in [5, 5.41) is 9.12. The molecule has 2 aliphatic rings. The lowest BCUT2D eigenvalue weighted by molar-refractivity contribution is 0.166. The maximum atomic E-state index is 12.5. The molecule has 2 saturated heterocycles. The third-order valence-electron chi connectivity index (χ3n) is 4.56. The fourth-order valence-electron chi connectivity index (χ4n) is 3.15. The van der Waals surface area contributed by atoms with Gasteiger partial charge in [0.1, 0.15) is 0 Å². The van der Waals surface area contributed by atoms with E-state index in [-0.39, 0.29) is 12.5 Å². The van der Waals surface area contributed by atoms with Crippen LogP contribution in [0.1, 0.15) is 19.3 Å². The molecular formula is C13H27N3O3S. The van der Waals surface area contributed by atoms with E-state index in [4.69, 9.17) is 5.11 Å². The van der Waals surface area contributed by atoms with Crippen molar-refractivity contribution in [2.24, 2.45) is 11.8 Å². The number of likely N-dealkylation sites (tertiary alicyclic amines) is 1. The number of aliphatic hydroxyl groups is 1. The van der Waals surface area contributed by atoms with Gasteiger partial charge in [-0.1, -0.05) is 0 Å². The predicted octanol–water partition coefficient (Wildman–Crippen LogP) is -0.181. The molecule has 0 bridgehead atoms. The molecule has 0 aliphatic carbocycles. The molecule has 1 N–H and O–H groups in total. The zero-order chi connectivity index (χ0) is 14.8. The number of hydrogen-bond donors (Lipinski definition) is 1. The Labute approximate surface area is 122 Å². The van der Waals surface area contributed by atoms with Gasteiger partial charge in [-0.2, -0.15) is 17.0 Å². The Morgan fingerprint density at radius 2 is 1.75 bits per heavy atom. The van der Waals surface area contributed by atoms with Gasteiger partial charge in [0, 0.05) is 39.8 Å². The van der Waals surface area contributed by atoms with E-state index in [0.717, 1.165) is 32.4 Å². The Morgan fingerprint density at radius 3 is 2.25 bits per heavy atom. The number of hydrogen-bond acceptors (Lipinski definition) is 4. The minimum atomic E-state index is -3.33. The van der Waals surface area contributed by atoms with Gasteiger partial charge in [-0.05, 0) is 44.7 Å².